The summed E-state index contributed by atoms with van der Waals surface area (Å²) in [6.07, 6.45) is -4.43. The highest BCUT2D eigenvalue weighted by atomic mass is 79.9. The molecule has 0 saturated carbocycles. The molecule has 0 aliphatic carbocycles. The van der Waals surface area contributed by atoms with E-state index in [1.165, 1.54) is 0 Å². The summed E-state index contributed by atoms with van der Waals surface area (Å²) in [6, 6.07) is 2.69. The van der Waals surface area contributed by atoms with Gasteiger partial charge in [-0.3, -0.25) is 10.2 Å². The van der Waals surface area contributed by atoms with Crippen LogP contribution in [0.3, 0.4) is 0 Å². The third-order valence-electron chi connectivity index (χ3n) is 1.67. The first-order valence-electron chi connectivity index (χ1n) is 3.74. The van der Waals surface area contributed by atoms with E-state index in [0.717, 1.165) is 18.2 Å². The van der Waals surface area contributed by atoms with Crippen LogP contribution in [0.5, 0.6) is 0 Å². The van der Waals surface area contributed by atoms with Crippen LogP contribution in [0.1, 0.15) is 15.9 Å². The van der Waals surface area contributed by atoms with E-state index in [4.69, 9.17) is 5.84 Å². The second-order valence-electron chi connectivity index (χ2n) is 2.67. The van der Waals surface area contributed by atoms with Gasteiger partial charge in [-0.15, -0.1) is 0 Å². The zero-order valence-electron chi connectivity index (χ0n) is 7.23. The number of hydrogen-bond acceptors (Lipinski definition) is 2. The van der Waals surface area contributed by atoms with Gasteiger partial charge in [0.15, 0.2) is 0 Å². The number of hydrazine groups is 1. The zero-order chi connectivity index (χ0) is 11.6. The van der Waals surface area contributed by atoms with Crippen LogP contribution in [0.4, 0.5) is 13.2 Å². The number of benzene rings is 1. The Morgan fingerprint density at radius 3 is 2.40 bits per heavy atom. The first kappa shape index (κ1) is 12.0. The van der Waals surface area contributed by atoms with Gasteiger partial charge in [-0.1, -0.05) is 0 Å². The monoisotopic (exact) mass is 282 g/mol. The van der Waals surface area contributed by atoms with Gasteiger partial charge in [0.05, 0.1) is 11.1 Å². The molecule has 0 aliphatic heterocycles. The van der Waals surface area contributed by atoms with E-state index in [2.05, 4.69) is 15.9 Å². The summed E-state index contributed by atoms with van der Waals surface area (Å²) < 4.78 is 36.8. The first-order chi connectivity index (χ1) is 6.86. The third kappa shape index (κ3) is 2.69. The Morgan fingerprint density at radius 1 is 1.40 bits per heavy atom. The number of nitrogen functional groups attached to an aromatic ring is 1. The Bertz CT molecular complexity index is 392. The Kier molecular flexibility index (Phi) is 3.35. The van der Waals surface area contributed by atoms with Gasteiger partial charge in [0.25, 0.3) is 5.91 Å². The summed E-state index contributed by atoms with van der Waals surface area (Å²) in [5.41, 5.74) is 1.05. The van der Waals surface area contributed by atoms with Gasteiger partial charge < -0.3 is 0 Å². The average molecular weight is 283 g/mol. The molecule has 3 nitrogen and oxygen atoms in total. The maximum Gasteiger partial charge on any atom is 0.416 e. The number of rotatable bonds is 1. The molecule has 1 aromatic carbocycles. The average Bonchev–Trinajstić information content (AvgIpc) is 2.15. The molecule has 3 N–H and O–H groups in total. The summed E-state index contributed by atoms with van der Waals surface area (Å²) in [4.78, 5) is 11.0. The summed E-state index contributed by atoms with van der Waals surface area (Å²) in [7, 11) is 0. The van der Waals surface area contributed by atoms with Crippen LogP contribution < -0.4 is 11.3 Å². The molecule has 1 aromatic rings. The molecule has 15 heavy (non-hydrogen) atoms. The zero-order valence-corrected chi connectivity index (χ0v) is 8.82. The molecular weight excluding hydrogens is 277 g/mol. The Hall–Kier alpha value is -1.08. The van der Waals surface area contributed by atoms with Gasteiger partial charge in [-0.2, -0.15) is 13.2 Å². The number of halogens is 4. The number of nitrogens with one attached hydrogen (secondary N) is 1. The minimum Gasteiger partial charge on any atom is -0.290 e. The molecule has 1 rings (SSSR count). The summed E-state index contributed by atoms with van der Waals surface area (Å²) in [6.45, 7) is 0. The number of nitrogens with two attached hydrogens (primary N) is 1. The minimum atomic E-state index is -4.43. The van der Waals surface area contributed by atoms with Crippen molar-refractivity contribution in [2.75, 3.05) is 0 Å². The van der Waals surface area contributed by atoms with Crippen LogP contribution in [-0.2, 0) is 6.18 Å². The van der Waals surface area contributed by atoms with Gasteiger partial charge >= 0.3 is 6.18 Å². The molecule has 1 amide bonds. The lowest BCUT2D eigenvalue weighted by Gasteiger charge is -2.08. The van der Waals surface area contributed by atoms with Gasteiger partial charge in [0.1, 0.15) is 0 Å². The predicted octanol–water partition coefficient (Wildman–Crippen LogP) is 2.07. The highest BCUT2D eigenvalue weighted by Gasteiger charge is 2.31. The van der Waals surface area contributed by atoms with Crippen LogP contribution in [0.25, 0.3) is 0 Å². The lowest BCUT2D eigenvalue weighted by molar-refractivity contribution is -0.137. The lowest BCUT2D eigenvalue weighted by Crippen LogP contribution is -2.30. The van der Waals surface area contributed by atoms with Crippen molar-refractivity contribution in [3.05, 3.63) is 33.8 Å². The number of carbonyl (C=O) groups excluding carboxylic acids is 1. The molecule has 0 unspecified atom stereocenters. The molecular formula is C8H6BrF3N2O. The van der Waals surface area contributed by atoms with Gasteiger partial charge in [-0.05, 0) is 34.1 Å². The van der Waals surface area contributed by atoms with Crippen molar-refractivity contribution in [1.29, 1.82) is 0 Å². The fourth-order valence-corrected chi connectivity index (χ4v) is 1.51. The van der Waals surface area contributed by atoms with Crippen molar-refractivity contribution in [1.82, 2.24) is 5.43 Å². The van der Waals surface area contributed by atoms with Crippen molar-refractivity contribution < 1.29 is 18.0 Å². The minimum absolute atomic E-state index is 0.0419. The molecule has 0 aromatic heterocycles. The van der Waals surface area contributed by atoms with Crippen molar-refractivity contribution >= 4 is 21.8 Å². The highest BCUT2D eigenvalue weighted by Crippen LogP contribution is 2.32. The molecule has 0 fully saturated rings. The van der Waals surface area contributed by atoms with E-state index in [1.807, 2.05) is 5.43 Å². The summed E-state index contributed by atoms with van der Waals surface area (Å²) in [5, 5.41) is 0. The quantitative estimate of drug-likeness (QED) is 0.471. The summed E-state index contributed by atoms with van der Waals surface area (Å²) in [5.74, 6) is 4.20. The Balaban J connectivity index is 3.15. The SMILES string of the molecule is NNC(=O)c1ccc(C(F)(F)F)cc1Br. The van der Waals surface area contributed by atoms with Crippen molar-refractivity contribution in [3.8, 4) is 0 Å². The molecule has 0 spiro atoms. The van der Waals surface area contributed by atoms with Gasteiger partial charge in [0.2, 0.25) is 0 Å². The van der Waals surface area contributed by atoms with E-state index in [0.29, 0.717) is 0 Å². The number of amides is 1. The van der Waals surface area contributed by atoms with E-state index >= 15 is 0 Å². The Morgan fingerprint density at radius 2 is 2.00 bits per heavy atom. The van der Waals surface area contributed by atoms with E-state index in [1.54, 1.807) is 0 Å². The van der Waals surface area contributed by atoms with Crippen LogP contribution >= 0.6 is 15.9 Å². The second-order valence-corrected chi connectivity index (χ2v) is 3.52. The maximum atomic E-state index is 12.2. The van der Waals surface area contributed by atoms with E-state index in [-0.39, 0.29) is 10.0 Å². The lowest BCUT2D eigenvalue weighted by atomic mass is 10.1. The van der Waals surface area contributed by atoms with Crippen molar-refractivity contribution in [3.63, 3.8) is 0 Å². The molecule has 82 valence electrons. The van der Waals surface area contributed by atoms with E-state index in [9.17, 15) is 18.0 Å². The van der Waals surface area contributed by atoms with Crippen molar-refractivity contribution in [2.24, 2.45) is 5.84 Å². The van der Waals surface area contributed by atoms with Gasteiger partial charge in [0, 0.05) is 4.47 Å². The standard InChI is InChI=1S/C8H6BrF3N2O/c9-6-3-4(8(10,11)12)1-2-5(6)7(15)14-13/h1-3H,13H2,(H,14,15). The van der Waals surface area contributed by atoms with Crippen LogP contribution in [0.2, 0.25) is 0 Å². The van der Waals surface area contributed by atoms with Crippen molar-refractivity contribution in [2.45, 2.75) is 6.18 Å². The molecule has 0 radical (unpaired) electrons. The number of alkyl halides is 3. The fraction of sp³-hybridized carbons (Fsp3) is 0.125. The molecule has 0 heterocycles. The third-order valence-corrected chi connectivity index (χ3v) is 2.33. The highest BCUT2D eigenvalue weighted by molar-refractivity contribution is 9.10. The number of hydrogen-bond donors (Lipinski definition) is 2. The predicted molar refractivity (Wildman–Crippen MR) is 50.8 cm³/mol. The van der Waals surface area contributed by atoms with Gasteiger partial charge in [-0.25, -0.2) is 5.84 Å². The molecule has 0 aliphatic rings. The normalized spacial score (nSPS) is 11.3. The van der Waals surface area contributed by atoms with Crippen LogP contribution in [-0.4, -0.2) is 5.91 Å². The first-order valence-corrected chi connectivity index (χ1v) is 4.53. The topological polar surface area (TPSA) is 55.1 Å². The maximum absolute atomic E-state index is 12.2. The number of carbonyl (C=O) groups is 1. The fourth-order valence-electron chi connectivity index (χ4n) is 0.953. The molecule has 0 saturated heterocycles. The summed E-state index contributed by atoms with van der Waals surface area (Å²) >= 11 is 2.86. The smallest absolute Gasteiger partial charge is 0.290 e. The van der Waals surface area contributed by atoms with Crippen LogP contribution in [0.15, 0.2) is 22.7 Å². The van der Waals surface area contributed by atoms with Crippen LogP contribution in [0, 0.1) is 0 Å². The molecule has 0 bridgehead atoms. The molecule has 7 heteroatoms. The van der Waals surface area contributed by atoms with E-state index < -0.39 is 17.6 Å². The largest absolute Gasteiger partial charge is 0.416 e. The Labute approximate surface area is 91.5 Å². The molecule has 0 atom stereocenters. The second kappa shape index (κ2) is 4.19.